The van der Waals surface area contributed by atoms with Gasteiger partial charge in [0, 0.05) is 20.5 Å². The van der Waals surface area contributed by atoms with Gasteiger partial charge in [0.25, 0.3) is 5.56 Å². The molecule has 0 aliphatic rings. The van der Waals surface area contributed by atoms with Gasteiger partial charge in [-0.15, -0.1) is 0 Å². The number of aromatic nitrogens is 2. The summed E-state index contributed by atoms with van der Waals surface area (Å²) in [6, 6.07) is 5.39. The van der Waals surface area contributed by atoms with Crippen molar-refractivity contribution in [1.82, 2.24) is 9.97 Å². The van der Waals surface area contributed by atoms with Gasteiger partial charge in [-0.2, -0.15) is 0 Å². The highest BCUT2D eigenvalue weighted by Crippen LogP contribution is 2.30. The van der Waals surface area contributed by atoms with E-state index in [9.17, 15) is 4.79 Å². The summed E-state index contributed by atoms with van der Waals surface area (Å²) in [6.45, 7) is 6.12. The third-order valence-corrected chi connectivity index (χ3v) is 4.65. The van der Waals surface area contributed by atoms with E-state index in [1.54, 1.807) is 12.1 Å². The molecule has 0 radical (unpaired) electrons. The lowest BCUT2D eigenvalue weighted by Gasteiger charge is -2.20. The molecule has 0 fully saturated rings. The number of nitrogens with zero attached hydrogens (tertiary/aromatic N) is 1. The van der Waals surface area contributed by atoms with Crippen LogP contribution in [0.1, 0.15) is 26.5 Å². The molecule has 0 bridgehead atoms. The first-order valence-corrected chi connectivity index (χ1v) is 8.21. The second kappa shape index (κ2) is 5.77. The van der Waals surface area contributed by atoms with Gasteiger partial charge in [0.05, 0.1) is 5.69 Å². The van der Waals surface area contributed by atoms with Gasteiger partial charge < -0.3 is 4.98 Å². The molecule has 0 aliphatic carbocycles. The van der Waals surface area contributed by atoms with Gasteiger partial charge in [0.1, 0.15) is 9.39 Å². The van der Waals surface area contributed by atoms with Crippen molar-refractivity contribution in [3.63, 3.8) is 0 Å². The molecule has 0 aliphatic heterocycles. The number of aromatic amines is 1. The fourth-order valence-corrected chi connectivity index (χ4v) is 3.70. The molecular weight excluding hydrogens is 454 g/mol. The number of benzene rings is 1. The van der Waals surface area contributed by atoms with Gasteiger partial charge in [-0.25, -0.2) is 4.98 Å². The Labute approximate surface area is 144 Å². The van der Waals surface area contributed by atoms with Crippen LogP contribution in [0, 0.1) is 3.57 Å². The van der Waals surface area contributed by atoms with Crippen molar-refractivity contribution in [2.75, 3.05) is 0 Å². The minimum atomic E-state index is -0.196. The summed E-state index contributed by atoms with van der Waals surface area (Å²) in [5.74, 6) is 0.545. The smallest absolute Gasteiger partial charge is 0.264 e. The molecule has 2 rings (SSSR count). The Hall–Kier alpha value is -0.400. The quantitative estimate of drug-likeness (QED) is 0.615. The van der Waals surface area contributed by atoms with Gasteiger partial charge in [-0.3, -0.25) is 4.79 Å². The van der Waals surface area contributed by atoms with Crippen LogP contribution >= 0.6 is 50.1 Å². The highest BCUT2D eigenvalue weighted by Gasteiger charge is 2.22. The summed E-state index contributed by atoms with van der Waals surface area (Å²) < 4.78 is 1.43. The maximum Gasteiger partial charge on any atom is 0.264 e. The molecular formula is C14H13BrClIN2O. The molecule has 106 valence electrons. The zero-order chi connectivity index (χ0) is 15.1. The molecule has 2 aromatic rings. The third kappa shape index (κ3) is 3.26. The van der Waals surface area contributed by atoms with E-state index in [2.05, 4.69) is 25.9 Å². The number of halogens is 3. The molecule has 6 heteroatoms. The predicted molar refractivity (Wildman–Crippen MR) is 94.4 cm³/mol. The van der Waals surface area contributed by atoms with Crippen LogP contribution in [0.4, 0.5) is 0 Å². The van der Waals surface area contributed by atoms with E-state index in [1.807, 2.05) is 49.4 Å². The van der Waals surface area contributed by atoms with E-state index >= 15 is 0 Å². The summed E-state index contributed by atoms with van der Waals surface area (Å²) in [7, 11) is 0. The van der Waals surface area contributed by atoms with Crippen LogP contribution in [-0.2, 0) is 5.41 Å². The molecule has 1 heterocycles. The Balaban J connectivity index is 2.70. The number of H-pyrrole nitrogens is 1. The van der Waals surface area contributed by atoms with Crippen molar-refractivity contribution in [3.8, 4) is 11.4 Å². The largest absolute Gasteiger partial charge is 0.306 e. The van der Waals surface area contributed by atoms with Crippen molar-refractivity contribution >= 4 is 50.1 Å². The topological polar surface area (TPSA) is 45.8 Å². The third-order valence-electron chi connectivity index (χ3n) is 2.76. The van der Waals surface area contributed by atoms with E-state index in [1.165, 1.54) is 0 Å². The van der Waals surface area contributed by atoms with Gasteiger partial charge in [0.15, 0.2) is 0 Å². The maximum atomic E-state index is 12.1. The average molecular weight is 468 g/mol. The molecule has 0 amide bonds. The standard InChI is InChI=1S/C14H13BrClIN2O/c1-14(2,3)11-10(17)13(20)19-12(18-11)8-5-4-7(16)6-9(8)15/h4-6H,1-3H3,(H,18,19,20). The molecule has 1 aromatic carbocycles. The van der Waals surface area contributed by atoms with Gasteiger partial charge in [0.2, 0.25) is 0 Å². The zero-order valence-electron chi connectivity index (χ0n) is 11.2. The van der Waals surface area contributed by atoms with E-state index in [-0.39, 0.29) is 11.0 Å². The van der Waals surface area contributed by atoms with Crippen molar-refractivity contribution in [2.45, 2.75) is 26.2 Å². The van der Waals surface area contributed by atoms with Crippen LogP contribution in [-0.4, -0.2) is 9.97 Å². The molecule has 0 spiro atoms. The number of nitrogens with one attached hydrogen (secondary N) is 1. The number of rotatable bonds is 1. The van der Waals surface area contributed by atoms with Crippen molar-refractivity contribution in [3.05, 3.63) is 47.3 Å². The normalized spacial score (nSPS) is 11.7. The minimum Gasteiger partial charge on any atom is -0.306 e. The Kier molecular flexibility index (Phi) is 4.61. The molecule has 20 heavy (non-hydrogen) atoms. The van der Waals surface area contributed by atoms with Crippen molar-refractivity contribution in [1.29, 1.82) is 0 Å². The summed E-state index contributed by atoms with van der Waals surface area (Å²) >= 11 is 11.4. The van der Waals surface area contributed by atoms with E-state index < -0.39 is 0 Å². The summed E-state index contributed by atoms with van der Waals surface area (Å²) in [5, 5.41) is 0.629. The van der Waals surface area contributed by atoms with Crippen molar-refractivity contribution in [2.24, 2.45) is 0 Å². The first-order valence-electron chi connectivity index (χ1n) is 5.96. The Morgan fingerprint density at radius 1 is 1.35 bits per heavy atom. The SMILES string of the molecule is CC(C)(C)c1nc(-c2ccc(Cl)cc2Br)[nH]c(=O)c1I. The number of hydrogen-bond donors (Lipinski definition) is 1. The molecule has 0 atom stereocenters. The Bertz CT molecular complexity index is 722. The van der Waals surface area contributed by atoms with Gasteiger partial charge >= 0.3 is 0 Å². The summed E-state index contributed by atoms with van der Waals surface area (Å²) in [6.07, 6.45) is 0. The Morgan fingerprint density at radius 2 is 2.00 bits per heavy atom. The predicted octanol–water partition coefficient (Wildman–Crippen LogP) is 4.75. The molecule has 1 N–H and O–H groups in total. The monoisotopic (exact) mass is 466 g/mol. The molecule has 0 saturated carbocycles. The maximum absolute atomic E-state index is 12.1. The molecule has 3 nitrogen and oxygen atoms in total. The van der Waals surface area contributed by atoms with Crippen LogP contribution in [0.2, 0.25) is 5.02 Å². The highest BCUT2D eigenvalue weighted by molar-refractivity contribution is 14.1. The lowest BCUT2D eigenvalue weighted by molar-refractivity contribution is 0.562. The Morgan fingerprint density at radius 3 is 2.55 bits per heavy atom. The molecule has 0 saturated heterocycles. The first-order chi connectivity index (χ1) is 9.20. The summed E-state index contributed by atoms with van der Waals surface area (Å²) in [5.41, 5.74) is 1.28. The minimum absolute atomic E-state index is 0.123. The second-order valence-electron chi connectivity index (χ2n) is 5.45. The van der Waals surface area contributed by atoms with Gasteiger partial charge in [-0.1, -0.05) is 32.4 Å². The lowest BCUT2D eigenvalue weighted by Crippen LogP contribution is -2.24. The summed E-state index contributed by atoms with van der Waals surface area (Å²) in [4.78, 5) is 19.6. The van der Waals surface area contributed by atoms with Crippen LogP contribution < -0.4 is 5.56 Å². The number of hydrogen-bond acceptors (Lipinski definition) is 2. The zero-order valence-corrected chi connectivity index (χ0v) is 15.7. The first kappa shape index (κ1) is 16.0. The fraction of sp³-hybridized carbons (Fsp3) is 0.286. The van der Waals surface area contributed by atoms with Gasteiger partial charge in [-0.05, 0) is 56.7 Å². The van der Waals surface area contributed by atoms with E-state index in [4.69, 9.17) is 11.6 Å². The highest BCUT2D eigenvalue weighted by atomic mass is 127. The van der Waals surface area contributed by atoms with Crippen molar-refractivity contribution < 1.29 is 0 Å². The molecule has 1 aromatic heterocycles. The van der Waals surface area contributed by atoms with Crippen LogP contribution in [0.25, 0.3) is 11.4 Å². The average Bonchev–Trinajstić information content (AvgIpc) is 2.31. The fourth-order valence-electron chi connectivity index (χ4n) is 1.76. The van der Waals surface area contributed by atoms with Crippen LogP contribution in [0.5, 0.6) is 0 Å². The van der Waals surface area contributed by atoms with E-state index in [0.717, 1.165) is 15.7 Å². The molecule has 0 unspecified atom stereocenters. The lowest BCUT2D eigenvalue weighted by atomic mass is 9.92. The van der Waals surface area contributed by atoms with Crippen LogP contribution in [0.3, 0.4) is 0 Å². The van der Waals surface area contributed by atoms with E-state index in [0.29, 0.717) is 14.4 Å². The second-order valence-corrected chi connectivity index (χ2v) is 7.82. The van der Waals surface area contributed by atoms with Crippen LogP contribution in [0.15, 0.2) is 27.5 Å².